The number of amidine groups is 1. The van der Waals surface area contributed by atoms with Gasteiger partial charge in [-0.25, -0.2) is 19.4 Å². The van der Waals surface area contributed by atoms with Crippen LogP contribution in [0.2, 0.25) is 5.02 Å². The van der Waals surface area contributed by atoms with Gasteiger partial charge in [0.2, 0.25) is 0 Å². The Kier molecular flexibility index (Phi) is 5.22. The first kappa shape index (κ1) is 18.1. The van der Waals surface area contributed by atoms with Crippen molar-refractivity contribution < 1.29 is 4.39 Å². The Morgan fingerprint density at radius 2 is 2.04 bits per heavy atom. The average Bonchev–Trinajstić information content (AvgIpc) is 2.90. The second kappa shape index (κ2) is 7.77. The van der Waals surface area contributed by atoms with Crippen molar-refractivity contribution in [2.75, 3.05) is 31.6 Å². The number of fused-ring (bicyclic) bond motifs is 1. The molecule has 7 nitrogen and oxygen atoms in total. The molecule has 1 saturated heterocycles. The minimum Gasteiger partial charge on any atom is -0.296 e. The number of nitrogens with one attached hydrogen (secondary N) is 1. The Hall–Kier alpha value is -2.26. The summed E-state index contributed by atoms with van der Waals surface area (Å²) in [5, 5.41) is 1.90. The molecule has 0 bridgehead atoms. The lowest BCUT2D eigenvalue weighted by molar-refractivity contribution is 0.128. The lowest BCUT2D eigenvalue weighted by Crippen LogP contribution is -2.48. The molecule has 2 aliphatic rings. The first-order chi connectivity index (χ1) is 13.1. The molecule has 0 atom stereocenters. The second-order valence-electron chi connectivity index (χ2n) is 6.66. The quantitative estimate of drug-likeness (QED) is 0.789. The minimum absolute atomic E-state index is 0.0516. The van der Waals surface area contributed by atoms with Crippen molar-refractivity contribution in [3.05, 3.63) is 52.6 Å². The van der Waals surface area contributed by atoms with E-state index in [0.29, 0.717) is 17.9 Å². The van der Waals surface area contributed by atoms with Crippen LogP contribution in [0.1, 0.15) is 11.3 Å². The van der Waals surface area contributed by atoms with E-state index >= 15 is 0 Å². The number of hydrogen-bond donors (Lipinski definition) is 2. The fourth-order valence-corrected chi connectivity index (χ4v) is 3.44. The van der Waals surface area contributed by atoms with Crippen LogP contribution in [0.25, 0.3) is 0 Å². The number of benzene rings is 1. The number of nitrogens with zero attached hydrogens (tertiary/aromatic N) is 5. The van der Waals surface area contributed by atoms with E-state index in [-0.39, 0.29) is 5.02 Å². The van der Waals surface area contributed by atoms with Crippen molar-refractivity contribution in [1.82, 2.24) is 14.6 Å². The number of halogens is 2. The Bertz CT molecular complexity index is 884. The van der Waals surface area contributed by atoms with Gasteiger partial charge in [-0.15, -0.1) is 0 Å². The van der Waals surface area contributed by atoms with Crippen LogP contribution < -0.4 is 11.3 Å². The summed E-state index contributed by atoms with van der Waals surface area (Å²) in [5.74, 6) is 6.02. The van der Waals surface area contributed by atoms with Gasteiger partial charge in [0.05, 0.1) is 22.8 Å². The summed E-state index contributed by atoms with van der Waals surface area (Å²) in [5.41, 5.74) is 6.05. The predicted octanol–water partition coefficient (Wildman–Crippen LogP) is 2.13. The van der Waals surface area contributed by atoms with Gasteiger partial charge in [-0.1, -0.05) is 11.6 Å². The fourth-order valence-electron chi connectivity index (χ4n) is 3.26. The summed E-state index contributed by atoms with van der Waals surface area (Å²) in [7, 11) is 0. The zero-order chi connectivity index (χ0) is 18.8. The first-order valence-electron chi connectivity index (χ1n) is 8.81. The molecule has 0 aliphatic carbocycles. The van der Waals surface area contributed by atoms with Crippen molar-refractivity contribution in [3.8, 4) is 0 Å². The fraction of sp³-hybridized carbons (Fsp3) is 0.333. The number of hydrogen-bond acceptors (Lipinski definition) is 5. The van der Waals surface area contributed by atoms with Gasteiger partial charge in [0.15, 0.2) is 0 Å². The van der Waals surface area contributed by atoms with Crippen LogP contribution >= 0.6 is 11.6 Å². The molecular weight excluding hydrogens is 369 g/mol. The van der Waals surface area contributed by atoms with E-state index in [0.717, 1.165) is 38.4 Å². The summed E-state index contributed by atoms with van der Waals surface area (Å²) in [4.78, 5) is 11.3. The monoisotopic (exact) mass is 389 g/mol. The Morgan fingerprint density at radius 3 is 2.81 bits per heavy atom. The van der Waals surface area contributed by atoms with E-state index in [2.05, 4.69) is 26.4 Å². The van der Waals surface area contributed by atoms with Crippen LogP contribution in [0, 0.1) is 5.82 Å². The number of hydrazine groups is 1. The van der Waals surface area contributed by atoms with E-state index in [1.54, 1.807) is 12.4 Å². The highest BCUT2D eigenvalue weighted by molar-refractivity contribution is 6.31. The van der Waals surface area contributed by atoms with E-state index < -0.39 is 5.82 Å². The minimum atomic E-state index is -0.458. The molecule has 2 aliphatic heterocycles. The maximum atomic E-state index is 13.4. The Labute approximate surface area is 161 Å². The van der Waals surface area contributed by atoms with Crippen LogP contribution in [0.15, 0.2) is 40.4 Å². The molecule has 9 heteroatoms. The number of piperazine rings is 1. The number of nitrogens with two attached hydrogens (primary N) is 1. The highest BCUT2D eigenvalue weighted by Gasteiger charge is 2.19. The first-order valence-corrected chi connectivity index (χ1v) is 9.19. The molecule has 3 N–H and O–H groups in total. The molecule has 142 valence electrons. The normalized spacial score (nSPS) is 19.7. The van der Waals surface area contributed by atoms with Crippen molar-refractivity contribution in [2.24, 2.45) is 15.8 Å². The molecule has 0 unspecified atom stereocenters. The molecule has 1 fully saturated rings. The molecule has 27 heavy (non-hydrogen) atoms. The standard InChI is InChI=1S/C18H21ClFN7/c19-15-9-14(1-2-16(15)20)24-18-10-17-13(3-4-27(17)23-12-22-18)11-25-5-7-26(21)8-6-25/h1-4,9,12H,5-8,10-11,21H2,(H,22,23,24). The summed E-state index contributed by atoms with van der Waals surface area (Å²) in [6, 6.07) is 6.52. The molecular formula is C18H21ClFN7. The maximum Gasteiger partial charge on any atom is 0.141 e. The molecule has 1 aromatic carbocycles. The van der Waals surface area contributed by atoms with Crippen LogP contribution in [0.3, 0.4) is 0 Å². The molecule has 0 amide bonds. The lowest BCUT2D eigenvalue weighted by atomic mass is 10.1. The van der Waals surface area contributed by atoms with Crippen LogP contribution in [-0.2, 0) is 13.0 Å². The van der Waals surface area contributed by atoms with Crippen LogP contribution in [0.4, 0.5) is 10.1 Å². The van der Waals surface area contributed by atoms with Gasteiger partial charge in [-0.3, -0.25) is 20.8 Å². The summed E-state index contributed by atoms with van der Waals surface area (Å²) < 4.78 is 15.3. The third-order valence-corrected chi connectivity index (χ3v) is 5.07. The van der Waals surface area contributed by atoms with Crippen molar-refractivity contribution >= 4 is 29.5 Å². The number of aliphatic imine (C=N–C) groups is 2. The summed E-state index contributed by atoms with van der Waals surface area (Å²) >= 11 is 5.85. The highest BCUT2D eigenvalue weighted by atomic mass is 35.5. The summed E-state index contributed by atoms with van der Waals surface area (Å²) in [6.45, 7) is 4.48. The Morgan fingerprint density at radius 1 is 1.22 bits per heavy atom. The lowest BCUT2D eigenvalue weighted by Gasteiger charge is -2.32. The van der Waals surface area contributed by atoms with E-state index in [9.17, 15) is 4.39 Å². The summed E-state index contributed by atoms with van der Waals surface area (Å²) in [6.07, 6.45) is 4.17. The number of rotatable bonds is 3. The molecule has 3 heterocycles. The van der Waals surface area contributed by atoms with Gasteiger partial charge in [-0.2, -0.15) is 0 Å². The van der Waals surface area contributed by atoms with Gasteiger partial charge in [0, 0.05) is 38.9 Å². The smallest absolute Gasteiger partial charge is 0.141 e. The van der Waals surface area contributed by atoms with Gasteiger partial charge in [0.1, 0.15) is 18.0 Å². The molecule has 2 aromatic rings. The van der Waals surface area contributed by atoms with E-state index in [4.69, 9.17) is 17.4 Å². The molecule has 0 saturated carbocycles. The Balaban J connectivity index is 1.54. The molecule has 0 spiro atoms. The molecule has 4 rings (SSSR count). The van der Waals surface area contributed by atoms with Crippen LogP contribution in [-0.4, -0.2) is 52.9 Å². The van der Waals surface area contributed by atoms with Crippen molar-refractivity contribution in [1.29, 1.82) is 0 Å². The van der Waals surface area contributed by atoms with Crippen molar-refractivity contribution in [3.63, 3.8) is 0 Å². The zero-order valence-corrected chi connectivity index (χ0v) is 15.5. The van der Waals surface area contributed by atoms with Gasteiger partial charge < -0.3 is 0 Å². The van der Waals surface area contributed by atoms with E-state index in [1.165, 1.54) is 17.7 Å². The largest absolute Gasteiger partial charge is 0.296 e. The van der Waals surface area contributed by atoms with Gasteiger partial charge >= 0.3 is 0 Å². The zero-order valence-electron chi connectivity index (χ0n) is 14.8. The van der Waals surface area contributed by atoms with Gasteiger partial charge in [0.25, 0.3) is 0 Å². The van der Waals surface area contributed by atoms with Crippen molar-refractivity contribution in [2.45, 2.75) is 13.0 Å². The highest BCUT2D eigenvalue weighted by Crippen LogP contribution is 2.23. The third-order valence-electron chi connectivity index (χ3n) is 4.78. The second-order valence-corrected chi connectivity index (χ2v) is 7.07. The van der Waals surface area contributed by atoms with E-state index in [1.807, 2.05) is 15.9 Å². The maximum absolute atomic E-state index is 13.4. The average molecular weight is 390 g/mol. The van der Waals surface area contributed by atoms with Crippen LogP contribution in [0.5, 0.6) is 0 Å². The number of aromatic nitrogens is 1. The third kappa shape index (κ3) is 4.19. The molecule has 0 radical (unpaired) electrons. The molecule has 1 aromatic heterocycles. The topological polar surface area (TPSA) is 74.2 Å². The predicted molar refractivity (Wildman–Crippen MR) is 106 cm³/mol. The SMILES string of the molecule is NN1CCN(Cc2ccn3c2CC(=Nc2ccc(F)c(Cl)c2)N=CN3)CC1. The van der Waals surface area contributed by atoms with Gasteiger partial charge in [-0.05, 0) is 29.8 Å².